The van der Waals surface area contributed by atoms with Crippen molar-refractivity contribution in [1.82, 2.24) is 5.32 Å². The summed E-state index contributed by atoms with van der Waals surface area (Å²) in [5.41, 5.74) is 0. The highest BCUT2D eigenvalue weighted by atomic mass is 32.2. The molecular weight excluding hydrogens is 196 g/mol. The molecule has 0 aliphatic heterocycles. The highest BCUT2D eigenvalue weighted by Gasteiger charge is 2.24. The van der Waals surface area contributed by atoms with Crippen molar-refractivity contribution in [3.05, 3.63) is 0 Å². The van der Waals surface area contributed by atoms with Crippen LogP contribution < -0.4 is 5.32 Å². The van der Waals surface area contributed by atoms with Gasteiger partial charge in [0.2, 0.25) is 0 Å². The molecule has 0 radical (unpaired) electrons. The van der Waals surface area contributed by atoms with Crippen LogP contribution in [0.4, 0.5) is 0 Å². The molecule has 0 aromatic carbocycles. The van der Waals surface area contributed by atoms with Crippen LogP contribution in [0.25, 0.3) is 0 Å². The third-order valence-electron chi connectivity index (χ3n) is 2.09. The standard InChI is InChI=1S/C10H18N2OS/c1-13-5-2-6-14-8-10(7-11)12-9-3-4-9/h9-10,12H,2-6,8H2,1H3. The van der Waals surface area contributed by atoms with Crippen LogP contribution in [0.2, 0.25) is 0 Å². The van der Waals surface area contributed by atoms with Gasteiger partial charge in [-0.3, -0.25) is 5.32 Å². The second-order valence-electron chi connectivity index (χ2n) is 3.54. The van der Waals surface area contributed by atoms with Crippen LogP contribution in [0.5, 0.6) is 0 Å². The minimum atomic E-state index is 0.0371. The van der Waals surface area contributed by atoms with E-state index in [1.165, 1.54) is 12.8 Å². The molecule has 1 fully saturated rings. The van der Waals surface area contributed by atoms with E-state index in [0.717, 1.165) is 24.5 Å². The van der Waals surface area contributed by atoms with Gasteiger partial charge >= 0.3 is 0 Å². The third-order valence-corrected chi connectivity index (χ3v) is 3.24. The lowest BCUT2D eigenvalue weighted by Crippen LogP contribution is -2.31. The van der Waals surface area contributed by atoms with Crippen molar-refractivity contribution in [2.45, 2.75) is 31.3 Å². The molecule has 14 heavy (non-hydrogen) atoms. The summed E-state index contributed by atoms with van der Waals surface area (Å²) >= 11 is 1.83. The summed E-state index contributed by atoms with van der Waals surface area (Å²) < 4.78 is 4.96. The third kappa shape index (κ3) is 5.48. The smallest absolute Gasteiger partial charge is 0.105 e. The van der Waals surface area contributed by atoms with Gasteiger partial charge in [-0.2, -0.15) is 17.0 Å². The van der Waals surface area contributed by atoms with Crippen LogP contribution in [-0.4, -0.2) is 37.3 Å². The Labute approximate surface area is 90.2 Å². The van der Waals surface area contributed by atoms with Gasteiger partial charge in [-0.05, 0) is 25.0 Å². The van der Waals surface area contributed by atoms with Gasteiger partial charge in [-0.15, -0.1) is 0 Å². The first-order valence-corrected chi connectivity index (χ1v) is 6.24. The summed E-state index contributed by atoms with van der Waals surface area (Å²) in [5.74, 6) is 1.98. The van der Waals surface area contributed by atoms with E-state index in [-0.39, 0.29) is 6.04 Å². The average molecular weight is 214 g/mol. The maximum absolute atomic E-state index is 8.85. The maximum Gasteiger partial charge on any atom is 0.105 e. The Morgan fingerprint density at radius 3 is 3.00 bits per heavy atom. The van der Waals surface area contributed by atoms with Gasteiger partial charge in [-0.1, -0.05) is 0 Å². The lowest BCUT2D eigenvalue weighted by molar-refractivity contribution is 0.200. The summed E-state index contributed by atoms with van der Waals surface area (Å²) in [6.07, 6.45) is 3.56. The summed E-state index contributed by atoms with van der Waals surface area (Å²) in [6, 6.07) is 2.96. The summed E-state index contributed by atoms with van der Waals surface area (Å²) in [4.78, 5) is 0. The number of methoxy groups -OCH3 is 1. The van der Waals surface area contributed by atoms with Crippen LogP contribution in [-0.2, 0) is 4.74 Å². The topological polar surface area (TPSA) is 45.0 Å². The molecule has 1 saturated carbocycles. The number of rotatable bonds is 8. The van der Waals surface area contributed by atoms with Gasteiger partial charge in [-0.25, -0.2) is 0 Å². The van der Waals surface area contributed by atoms with E-state index in [0.29, 0.717) is 6.04 Å². The molecule has 3 nitrogen and oxygen atoms in total. The minimum absolute atomic E-state index is 0.0371. The second-order valence-corrected chi connectivity index (χ2v) is 4.69. The molecule has 0 aromatic rings. The lowest BCUT2D eigenvalue weighted by atomic mass is 10.4. The minimum Gasteiger partial charge on any atom is -0.385 e. The van der Waals surface area contributed by atoms with Crippen molar-refractivity contribution in [1.29, 1.82) is 5.26 Å². The number of nitriles is 1. The number of nitrogens with one attached hydrogen (secondary N) is 1. The van der Waals surface area contributed by atoms with E-state index >= 15 is 0 Å². The number of hydrogen-bond donors (Lipinski definition) is 1. The first-order valence-electron chi connectivity index (χ1n) is 5.09. The molecule has 1 rings (SSSR count). The molecule has 1 atom stereocenters. The summed E-state index contributed by atoms with van der Waals surface area (Å²) in [5, 5.41) is 12.2. The molecule has 0 amide bonds. The van der Waals surface area contributed by atoms with Crippen molar-refractivity contribution in [2.24, 2.45) is 0 Å². The van der Waals surface area contributed by atoms with Crippen LogP contribution in [0, 0.1) is 11.3 Å². The molecule has 4 heteroatoms. The Bertz CT molecular complexity index is 189. The average Bonchev–Trinajstić information content (AvgIpc) is 2.99. The van der Waals surface area contributed by atoms with E-state index in [1.807, 2.05) is 11.8 Å². The molecule has 1 aliphatic rings. The van der Waals surface area contributed by atoms with Gasteiger partial charge in [0.1, 0.15) is 6.04 Å². The van der Waals surface area contributed by atoms with Gasteiger partial charge < -0.3 is 4.74 Å². The Morgan fingerprint density at radius 2 is 2.43 bits per heavy atom. The molecule has 1 unspecified atom stereocenters. The molecule has 0 aromatic heterocycles. The number of hydrogen-bond acceptors (Lipinski definition) is 4. The van der Waals surface area contributed by atoms with E-state index in [2.05, 4.69) is 11.4 Å². The molecule has 0 saturated heterocycles. The second kappa shape index (κ2) is 7.10. The van der Waals surface area contributed by atoms with Crippen LogP contribution >= 0.6 is 11.8 Å². The van der Waals surface area contributed by atoms with Crippen LogP contribution in [0.15, 0.2) is 0 Å². The van der Waals surface area contributed by atoms with Gasteiger partial charge in [0.15, 0.2) is 0 Å². The molecule has 1 N–H and O–H groups in total. The molecular formula is C10H18N2OS. The van der Waals surface area contributed by atoms with Crippen molar-refractivity contribution in [3.8, 4) is 6.07 Å². The number of nitrogens with zero attached hydrogens (tertiary/aromatic N) is 1. The first-order chi connectivity index (χ1) is 6.86. The van der Waals surface area contributed by atoms with Crippen molar-refractivity contribution in [3.63, 3.8) is 0 Å². The molecule has 80 valence electrons. The monoisotopic (exact) mass is 214 g/mol. The molecule has 0 heterocycles. The first kappa shape index (κ1) is 11.8. The highest BCUT2D eigenvalue weighted by Crippen LogP contribution is 2.20. The fourth-order valence-corrected chi connectivity index (χ4v) is 2.06. The Morgan fingerprint density at radius 1 is 1.64 bits per heavy atom. The van der Waals surface area contributed by atoms with E-state index in [1.54, 1.807) is 7.11 Å². The predicted molar refractivity (Wildman–Crippen MR) is 59.4 cm³/mol. The van der Waals surface area contributed by atoms with E-state index in [4.69, 9.17) is 10.00 Å². The normalized spacial score (nSPS) is 17.7. The van der Waals surface area contributed by atoms with Gasteiger partial charge in [0, 0.05) is 25.5 Å². The Balaban J connectivity index is 1.94. The predicted octanol–water partition coefficient (Wildman–Crippen LogP) is 1.40. The van der Waals surface area contributed by atoms with Crippen LogP contribution in [0.3, 0.4) is 0 Å². The van der Waals surface area contributed by atoms with Gasteiger partial charge in [0.25, 0.3) is 0 Å². The van der Waals surface area contributed by atoms with Crippen molar-refractivity contribution in [2.75, 3.05) is 25.2 Å². The fourth-order valence-electron chi connectivity index (χ4n) is 1.16. The quantitative estimate of drug-likeness (QED) is 0.620. The number of thioether (sulfide) groups is 1. The van der Waals surface area contributed by atoms with E-state index in [9.17, 15) is 0 Å². The SMILES string of the molecule is COCCCSCC(C#N)NC1CC1. The highest BCUT2D eigenvalue weighted by molar-refractivity contribution is 7.99. The van der Waals surface area contributed by atoms with Crippen molar-refractivity contribution >= 4 is 11.8 Å². The summed E-state index contributed by atoms with van der Waals surface area (Å²) in [7, 11) is 1.72. The van der Waals surface area contributed by atoms with Crippen LogP contribution in [0.1, 0.15) is 19.3 Å². The molecule has 0 bridgehead atoms. The fraction of sp³-hybridized carbons (Fsp3) is 0.900. The zero-order valence-electron chi connectivity index (χ0n) is 8.66. The lowest BCUT2D eigenvalue weighted by Gasteiger charge is -2.09. The Kier molecular flexibility index (Phi) is 6.00. The largest absolute Gasteiger partial charge is 0.385 e. The molecule has 0 spiro atoms. The maximum atomic E-state index is 8.85. The van der Waals surface area contributed by atoms with Gasteiger partial charge in [0.05, 0.1) is 6.07 Å². The zero-order chi connectivity index (χ0) is 10.2. The van der Waals surface area contributed by atoms with E-state index < -0.39 is 0 Å². The number of ether oxygens (including phenoxy) is 1. The molecule has 1 aliphatic carbocycles. The Hall–Kier alpha value is -0.240. The zero-order valence-corrected chi connectivity index (χ0v) is 9.48. The van der Waals surface area contributed by atoms with Crippen molar-refractivity contribution < 1.29 is 4.74 Å². The summed E-state index contributed by atoms with van der Waals surface area (Å²) in [6.45, 7) is 0.820.